The molecule has 1 aliphatic carbocycles. The third-order valence-corrected chi connectivity index (χ3v) is 10.0. The molecule has 256 valence electrons. The Kier molecular flexibility index (Phi) is 15.2. The normalized spacial score (nSPS) is 20.7. The molecule has 1 spiro atoms. The molecule has 2 aliphatic heterocycles. The minimum atomic E-state index is -0.829. The van der Waals surface area contributed by atoms with E-state index >= 15 is 0 Å². The summed E-state index contributed by atoms with van der Waals surface area (Å²) in [6, 6.07) is 6.47. The Hall–Kier alpha value is -2.80. The maximum atomic E-state index is 13.8. The first-order valence-electron chi connectivity index (χ1n) is 17.3. The fraction of sp³-hybridized carbons (Fsp3) is 0.694. The molecule has 4 rings (SSSR count). The molecular formula is C36H55ClN4O5. The molecule has 1 saturated carbocycles. The lowest BCUT2D eigenvalue weighted by molar-refractivity contribution is -0.165. The van der Waals surface area contributed by atoms with Crippen molar-refractivity contribution < 1.29 is 24.2 Å². The molecule has 2 N–H and O–H groups in total. The highest BCUT2D eigenvalue weighted by Crippen LogP contribution is 2.36. The maximum Gasteiger partial charge on any atom is 0.254 e. The van der Waals surface area contributed by atoms with Gasteiger partial charge in [0, 0.05) is 31.7 Å². The molecule has 10 heteroatoms. The van der Waals surface area contributed by atoms with Crippen molar-refractivity contribution >= 4 is 30.1 Å². The SMILES string of the molecule is CC#CCN(CC)C(=O)c1ccc(OCCCCN2CCC3(CC2)C(=O)N[C@H]([C@H](O)C2CCCCC2)C(=O)N3CCCC)cc1.Cl. The van der Waals surface area contributed by atoms with Gasteiger partial charge in [0.15, 0.2) is 0 Å². The van der Waals surface area contributed by atoms with E-state index in [-0.39, 0.29) is 36.0 Å². The van der Waals surface area contributed by atoms with Crippen molar-refractivity contribution in [2.45, 2.75) is 109 Å². The number of carbonyl (C=O) groups excluding carboxylic acids is 3. The van der Waals surface area contributed by atoms with Gasteiger partial charge in [-0.3, -0.25) is 14.4 Å². The molecule has 0 aromatic heterocycles. The molecule has 0 unspecified atom stereocenters. The van der Waals surface area contributed by atoms with Crippen molar-refractivity contribution in [2.24, 2.45) is 5.92 Å². The number of ether oxygens (including phenoxy) is 1. The van der Waals surface area contributed by atoms with E-state index < -0.39 is 17.7 Å². The van der Waals surface area contributed by atoms with Gasteiger partial charge in [-0.25, -0.2) is 0 Å². The Bertz CT molecular complexity index is 1190. The van der Waals surface area contributed by atoms with Crippen molar-refractivity contribution in [2.75, 3.05) is 45.9 Å². The number of halogens is 1. The van der Waals surface area contributed by atoms with Crippen LogP contribution in [0.2, 0.25) is 0 Å². The predicted molar refractivity (Wildman–Crippen MR) is 183 cm³/mol. The lowest BCUT2D eigenvalue weighted by Gasteiger charge is -2.52. The van der Waals surface area contributed by atoms with Crippen LogP contribution < -0.4 is 10.1 Å². The number of likely N-dealkylation sites (tertiary alicyclic amines) is 1. The summed E-state index contributed by atoms with van der Waals surface area (Å²) in [5, 5.41) is 14.2. The summed E-state index contributed by atoms with van der Waals surface area (Å²) < 4.78 is 5.94. The van der Waals surface area contributed by atoms with Crippen LogP contribution in [0.4, 0.5) is 0 Å². The molecule has 0 radical (unpaired) electrons. The van der Waals surface area contributed by atoms with E-state index in [0.717, 1.165) is 76.8 Å². The van der Waals surface area contributed by atoms with Gasteiger partial charge in [0.2, 0.25) is 11.8 Å². The zero-order valence-electron chi connectivity index (χ0n) is 28.1. The minimum absolute atomic E-state index is 0. The number of carbonyl (C=O) groups is 3. The van der Waals surface area contributed by atoms with Crippen molar-refractivity contribution in [1.82, 2.24) is 20.0 Å². The van der Waals surface area contributed by atoms with E-state index in [2.05, 4.69) is 29.0 Å². The second-order valence-corrected chi connectivity index (χ2v) is 12.9. The van der Waals surface area contributed by atoms with Crippen LogP contribution in [0, 0.1) is 17.8 Å². The minimum Gasteiger partial charge on any atom is -0.494 e. The Morgan fingerprint density at radius 1 is 1.07 bits per heavy atom. The van der Waals surface area contributed by atoms with Gasteiger partial charge in [-0.1, -0.05) is 38.5 Å². The number of amides is 3. The van der Waals surface area contributed by atoms with Crippen LogP contribution in [0.1, 0.15) is 102 Å². The number of nitrogens with one attached hydrogen (secondary N) is 1. The summed E-state index contributed by atoms with van der Waals surface area (Å²) in [6.07, 6.45) is 9.22. The van der Waals surface area contributed by atoms with Crippen LogP contribution >= 0.6 is 12.4 Å². The Morgan fingerprint density at radius 3 is 2.39 bits per heavy atom. The highest BCUT2D eigenvalue weighted by molar-refractivity contribution is 6.00. The van der Waals surface area contributed by atoms with Crippen LogP contribution in [0.5, 0.6) is 5.75 Å². The summed E-state index contributed by atoms with van der Waals surface area (Å²) in [4.78, 5) is 46.2. The summed E-state index contributed by atoms with van der Waals surface area (Å²) >= 11 is 0. The average Bonchev–Trinajstić information content (AvgIpc) is 3.07. The molecule has 9 nitrogen and oxygen atoms in total. The third-order valence-electron chi connectivity index (χ3n) is 10.0. The second kappa shape index (κ2) is 18.5. The molecule has 1 aromatic carbocycles. The fourth-order valence-electron chi connectivity index (χ4n) is 7.11. The Labute approximate surface area is 282 Å². The van der Waals surface area contributed by atoms with Gasteiger partial charge in [-0.15, -0.1) is 18.3 Å². The number of hydrogen-bond donors (Lipinski definition) is 2. The van der Waals surface area contributed by atoms with Gasteiger partial charge in [-0.2, -0.15) is 0 Å². The van der Waals surface area contributed by atoms with Gasteiger partial charge in [0.25, 0.3) is 5.91 Å². The summed E-state index contributed by atoms with van der Waals surface area (Å²) in [6.45, 7) is 10.4. The largest absolute Gasteiger partial charge is 0.494 e. The standard InChI is InChI=1S/C36H54N4O5.ClH/c1-4-7-23-39(6-3)33(42)29-16-18-30(19-17-29)45-27-13-12-22-38-25-20-36(21-26-38)35(44)37-31(34(43)40(36)24-8-5-2)32(41)28-14-10-9-11-15-28;/h16-19,28,31-32,41H,5-6,8-15,20-27H2,1-3H3,(H,37,44);1H/t31-,32-;/m1./s1. The van der Waals surface area contributed by atoms with Crippen LogP contribution in [0.3, 0.4) is 0 Å². The van der Waals surface area contributed by atoms with Crippen molar-refractivity contribution in [3.8, 4) is 17.6 Å². The van der Waals surface area contributed by atoms with Gasteiger partial charge in [0.1, 0.15) is 17.3 Å². The first-order chi connectivity index (χ1) is 21.8. The molecular weight excluding hydrogens is 604 g/mol. The molecule has 2 saturated heterocycles. The Balaban J connectivity index is 0.00000576. The van der Waals surface area contributed by atoms with E-state index in [9.17, 15) is 19.5 Å². The number of aliphatic hydroxyl groups is 1. The molecule has 3 amide bonds. The molecule has 0 bridgehead atoms. The van der Waals surface area contributed by atoms with Crippen LogP contribution in [-0.4, -0.2) is 101 Å². The third kappa shape index (κ3) is 9.17. The monoisotopic (exact) mass is 658 g/mol. The van der Waals surface area contributed by atoms with Crippen molar-refractivity contribution in [3.63, 3.8) is 0 Å². The highest BCUT2D eigenvalue weighted by Gasteiger charge is 2.55. The lowest BCUT2D eigenvalue weighted by atomic mass is 9.78. The lowest BCUT2D eigenvalue weighted by Crippen LogP contribution is -2.75. The number of piperazine rings is 1. The van der Waals surface area contributed by atoms with Gasteiger partial charge < -0.3 is 29.9 Å². The average molecular weight is 659 g/mol. The zero-order chi connectivity index (χ0) is 32.2. The second-order valence-electron chi connectivity index (χ2n) is 12.9. The molecule has 2 atom stereocenters. The van der Waals surface area contributed by atoms with Gasteiger partial charge in [-0.05, 0) is 95.5 Å². The number of nitrogens with zero attached hydrogens (tertiary/aromatic N) is 3. The number of benzene rings is 1. The quantitative estimate of drug-likeness (QED) is 0.223. The number of hydrogen-bond acceptors (Lipinski definition) is 6. The van der Waals surface area contributed by atoms with Gasteiger partial charge >= 0.3 is 0 Å². The van der Waals surface area contributed by atoms with Gasteiger partial charge in [0.05, 0.1) is 19.3 Å². The molecule has 1 aromatic rings. The summed E-state index contributed by atoms with van der Waals surface area (Å²) in [7, 11) is 0. The van der Waals surface area contributed by atoms with Crippen LogP contribution in [-0.2, 0) is 9.59 Å². The van der Waals surface area contributed by atoms with E-state index in [1.54, 1.807) is 24.0 Å². The zero-order valence-corrected chi connectivity index (χ0v) is 28.9. The number of unbranched alkanes of at least 4 members (excludes halogenated alkanes) is 2. The highest BCUT2D eigenvalue weighted by atomic mass is 35.5. The molecule has 2 heterocycles. The van der Waals surface area contributed by atoms with E-state index in [1.165, 1.54) is 6.42 Å². The Morgan fingerprint density at radius 2 is 1.76 bits per heavy atom. The van der Waals surface area contributed by atoms with Crippen LogP contribution in [0.15, 0.2) is 24.3 Å². The predicted octanol–water partition coefficient (Wildman–Crippen LogP) is 4.66. The van der Waals surface area contributed by atoms with E-state index in [0.29, 0.717) is 44.6 Å². The smallest absolute Gasteiger partial charge is 0.254 e. The van der Waals surface area contributed by atoms with Crippen molar-refractivity contribution in [1.29, 1.82) is 0 Å². The summed E-state index contributed by atoms with van der Waals surface area (Å²) in [5.41, 5.74) is -0.192. The summed E-state index contributed by atoms with van der Waals surface area (Å²) in [5.74, 6) is 6.39. The van der Waals surface area contributed by atoms with Crippen LogP contribution in [0.25, 0.3) is 0 Å². The fourth-order valence-corrected chi connectivity index (χ4v) is 7.11. The first-order valence-corrected chi connectivity index (χ1v) is 17.3. The van der Waals surface area contributed by atoms with Crippen molar-refractivity contribution in [3.05, 3.63) is 29.8 Å². The number of aliphatic hydroxyl groups excluding tert-OH is 1. The topological polar surface area (TPSA) is 102 Å². The molecule has 46 heavy (non-hydrogen) atoms. The number of rotatable bonds is 14. The molecule has 3 aliphatic rings. The number of piperidine rings is 1. The maximum absolute atomic E-state index is 13.8. The van der Waals surface area contributed by atoms with E-state index in [1.807, 2.05) is 24.0 Å². The molecule has 3 fully saturated rings. The van der Waals surface area contributed by atoms with E-state index in [4.69, 9.17) is 4.74 Å². The first kappa shape index (κ1) is 37.7.